The lowest BCUT2D eigenvalue weighted by molar-refractivity contribution is 0.143. The first-order valence-corrected chi connectivity index (χ1v) is 8.52. The number of rotatable bonds is 7. The molecule has 0 bridgehead atoms. The zero-order chi connectivity index (χ0) is 15.4. The number of unbranched alkanes of at least 4 members (excludes halogenated alkanes) is 3. The van der Waals surface area contributed by atoms with Gasteiger partial charge >= 0.3 is 0 Å². The second-order valence-corrected chi connectivity index (χ2v) is 6.42. The third-order valence-electron chi connectivity index (χ3n) is 5.02. The average Bonchev–Trinajstić information content (AvgIpc) is 2.84. The molecule has 1 nitrogen and oxygen atoms in total. The SMILES string of the molecule is CCCCCCC1(COC)c2ccccc2-c2ccccc21. The fraction of sp³-hybridized carbons (Fsp3) is 0.429. The van der Waals surface area contributed by atoms with E-state index in [1.54, 1.807) is 0 Å². The zero-order valence-electron chi connectivity index (χ0n) is 13.8. The summed E-state index contributed by atoms with van der Waals surface area (Å²) in [4.78, 5) is 0. The van der Waals surface area contributed by atoms with E-state index in [1.165, 1.54) is 54.4 Å². The second-order valence-electron chi connectivity index (χ2n) is 6.42. The van der Waals surface area contributed by atoms with Crippen molar-refractivity contribution in [3.8, 4) is 11.1 Å². The molecule has 0 aromatic heterocycles. The van der Waals surface area contributed by atoms with E-state index in [4.69, 9.17) is 4.74 Å². The molecule has 0 unspecified atom stereocenters. The van der Waals surface area contributed by atoms with E-state index in [0.29, 0.717) is 0 Å². The number of hydrogen-bond acceptors (Lipinski definition) is 1. The molecule has 116 valence electrons. The Labute approximate surface area is 134 Å². The first-order valence-electron chi connectivity index (χ1n) is 8.52. The van der Waals surface area contributed by atoms with Crippen LogP contribution < -0.4 is 0 Å². The van der Waals surface area contributed by atoms with Crippen molar-refractivity contribution in [1.29, 1.82) is 0 Å². The van der Waals surface area contributed by atoms with E-state index in [1.807, 2.05) is 7.11 Å². The van der Waals surface area contributed by atoms with Gasteiger partial charge in [-0.25, -0.2) is 0 Å². The lowest BCUT2D eigenvalue weighted by Crippen LogP contribution is -2.30. The Morgan fingerprint density at radius 1 is 0.818 bits per heavy atom. The van der Waals surface area contributed by atoms with Crippen LogP contribution in [0.2, 0.25) is 0 Å². The first kappa shape index (κ1) is 15.3. The smallest absolute Gasteiger partial charge is 0.0600 e. The Bertz CT molecular complexity index is 584. The van der Waals surface area contributed by atoms with Gasteiger partial charge < -0.3 is 4.74 Å². The van der Waals surface area contributed by atoms with E-state index in [0.717, 1.165) is 6.61 Å². The van der Waals surface area contributed by atoms with Gasteiger partial charge in [-0.3, -0.25) is 0 Å². The quantitative estimate of drug-likeness (QED) is 0.607. The van der Waals surface area contributed by atoms with Gasteiger partial charge in [0.25, 0.3) is 0 Å². The molecule has 2 aromatic rings. The van der Waals surface area contributed by atoms with E-state index < -0.39 is 0 Å². The number of fused-ring (bicyclic) bond motifs is 3. The molecule has 22 heavy (non-hydrogen) atoms. The van der Waals surface area contributed by atoms with Crippen LogP contribution in [0.25, 0.3) is 11.1 Å². The summed E-state index contributed by atoms with van der Waals surface area (Å²) in [6.07, 6.45) is 6.36. The molecule has 0 saturated heterocycles. The summed E-state index contributed by atoms with van der Waals surface area (Å²) in [5.41, 5.74) is 5.73. The first-order chi connectivity index (χ1) is 10.8. The highest BCUT2D eigenvalue weighted by Crippen LogP contribution is 2.51. The molecule has 0 radical (unpaired) electrons. The van der Waals surface area contributed by atoms with Crippen LogP contribution in [0.5, 0.6) is 0 Å². The van der Waals surface area contributed by atoms with Gasteiger partial charge in [-0.1, -0.05) is 81.1 Å². The van der Waals surface area contributed by atoms with Crippen LogP contribution in [0, 0.1) is 0 Å². The molecule has 0 aliphatic heterocycles. The maximum absolute atomic E-state index is 5.70. The number of benzene rings is 2. The van der Waals surface area contributed by atoms with Gasteiger partial charge in [0.05, 0.1) is 6.61 Å². The number of methoxy groups -OCH3 is 1. The molecule has 1 aliphatic rings. The van der Waals surface area contributed by atoms with Crippen molar-refractivity contribution < 1.29 is 4.74 Å². The molecule has 0 heterocycles. The van der Waals surface area contributed by atoms with Gasteiger partial charge in [0.15, 0.2) is 0 Å². The van der Waals surface area contributed by atoms with Gasteiger partial charge in [-0.05, 0) is 28.7 Å². The van der Waals surface area contributed by atoms with Crippen molar-refractivity contribution in [2.75, 3.05) is 13.7 Å². The number of hydrogen-bond donors (Lipinski definition) is 0. The van der Waals surface area contributed by atoms with Crippen LogP contribution >= 0.6 is 0 Å². The minimum absolute atomic E-state index is 0.0374. The third-order valence-corrected chi connectivity index (χ3v) is 5.02. The molecular weight excluding hydrogens is 268 g/mol. The monoisotopic (exact) mass is 294 g/mol. The summed E-state index contributed by atoms with van der Waals surface area (Å²) in [5.74, 6) is 0. The summed E-state index contributed by atoms with van der Waals surface area (Å²) in [6, 6.07) is 17.8. The fourth-order valence-electron chi connectivity index (χ4n) is 4.01. The maximum Gasteiger partial charge on any atom is 0.0600 e. The van der Waals surface area contributed by atoms with E-state index in [-0.39, 0.29) is 5.41 Å². The van der Waals surface area contributed by atoms with Crippen LogP contribution in [-0.4, -0.2) is 13.7 Å². The minimum Gasteiger partial charge on any atom is -0.383 e. The van der Waals surface area contributed by atoms with Gasteiger partial charge in [0.2, 0.25) is 0 Å². The minimum atomic E-state index is 0.0374. The lowest BCUT2D eigenvalue weighted by Gasteiger charge is -2.31. The van der Waals surface area contributed by atoms with Crippen molar-refractivity contribution in [3.05, 3.63) is 59.7 Å². The number of ether oxygens (including phenoxy) is 1. The van der Waals surface area contributed by atoms with Crippen molar-refractivity contribution in [2.24, 2.45) is 0 Å². The summed E-state index contributed by atoms with van der Waals surface area (Å²) >= 11 is 0. The van der Waals surface area contributed by atoms with Crippen molar-refractivity contribution in [3.63, 3.8) is 0 Å². The molecule has 1 aliphatic carbocycles. The molecular formula is C21H26O. The zero-order valence-corrected chi connectivity index (χ0v) is 13.8. The van der Waals surface area contributed by atoms with E-state index in [9.17, 15) is 0 Å². The summed E-state index contributed by atoms with van der Waals surface area (Å²) in [5, 5.41) is 0. The Balaban J connectivity index is 2.04. The Kier molecular flexibility index (Phi) is 4.63. The predicted molar refractivity (Wildman–Crippen MR) is 93.3 cm³/mol. The Morgan fingerprint density at radius 2 is 1.41 bits per heavy atom. The normalized spacial score (nSPS) is 14.6. The van der Waals surface area contributed by atoms with Crippen LogP contribution in [0.4, 0.5) is 0 Å². The van der Waals surface area contributed by atoms with Crippen LogP contribution in [0.1, 0.15) is 50.2 Å². The summed E-state index contributed by atoms with van der Waals surface area (Å²) in [6.45, 7) is 3.04. The predicted octanol–water partition coefficient (Wildman–Crippen LogP) is 5.57. The van der Waals surface area contributed by atoms with Crippen molar-refractivity contribution >= 4 is 0 Å². The Morgan fingerprint density at radius 3 is 1.95 bits per heavy atom. The summed E-state index contributed by atoms with van der Waals surface area (Å²) in [7, 11) is 1.83. The highest BCUT2D eigenvalue weighted by molar-refractivity contribution is 5.81. The second kappa shape index (κ2) is 6.66. The molecule has 0 N–H and O–H groups in total. The molecule has 2 aromatic carbocycles. The molecule has 0 amide bonds. The molecule has 3 rings (SSSR count). The lowest BCUT2D eigenvalue weighted by atomic mass is 9.75. The van der Waals surface area contributed by atoms with Crippen LogP contribution in [0.3, 0.4) is 0 Å². The molecule has 0 fully saturated rings. The standard InChI is InChI=1S/C21H26O/c1-3-4-5-10-15-21(16-22-2)19-13-8-6-11-17(19)18-12-7-9-14-20(18)21/h6-9,11-14H,3-5,10,15-16H2,1-2H3. The molecule has 1 heteroatoms. The van der Waals surface area contributed by atoms with Crippen LogP contribution in [0.15, 0.2) is 48.5 Å². The van der Waals surface area contributed by atoms with Crippen molar-refractivity contribution in [2.45, 2.75) is 44.4 Å². The maximum atomic E-state index is 5.70. The van der Waals surface area contributed by atoms with Gasteiger partial charge in [0.1, 0.15) is 0 Å². The molecule has 0 atom stereocenters. The molecule has 0 spiro atoms. The Hall–Kier alpha value is -1.60. The summed E-state index contributed by atoms with van der Waals surface area (Å²) < 4.78 is 5.70. The van der Waals surface area contributed by atoms with Crippen molar-refractivity contribution in [1.82, 2.24) is 0 Å². The van der Waals surface area contributed by atoms with E-state index >= 15 is 0 Å². The average molecular weight is 294 g/mol. The molecule has 0 saturated carbocycles. The van der Waals surface area contributed by atoms with Gasteiger partial charge in [-0.2, -0.15) is 0 Å². The third kappa shape index (κ3) is 2.48. The topological polar surface area (TPSA) is 9.23 Å². The largest absolute Gasteiger partial charge is 0.383 e. The van der Waals surface area contributed by atoms with Gasteiger partial charge in [-0.15, -0.1) is 0 Å². The van der Waals surface area contributed by atoms with Gasteiger partial charge in [0, 0.05) is 12.5 Å². The van der Waals surface area contributed by atoms with Crippen LogP contribution in [-0.2, 0) is 10.2 Å². The van der Waals surface area contributed by atoms with E-state index in [2.05, 4.69) is 55.5 Å². The highest BCUT2D eigenvalue weighted by Gasteiger charge is 2.42. The highest BCUT2D eigenvalue weighted by atomic mass is 16.5. The fourth-order valence-corrected chi connectivity index (χ4v) is 4.01.